The van der Waals surface area contributed by atoms with Crippen molar-refractivity contribution in [3.8, 4) is 17.1 Å². The van der Waals surface area contributed by atoms with Crippen LogP contribution in [0.25, 0.3) is 17.0 Å². The van der Waals surface area contributed by atoms with Crippen molar-refractivity contribution >= 4 is 23.2 Å². The molecule has 1 N–H and O–H groups in total. The number of allylic oxidation sites excluding steroid dienone is 1. The van der Waals surface area contributed by atoms with Crippen LogP contribution >= 0.6 is 11.6 Å². The number of amides is 2. The number of carbonyl (C=O) groups is 1. The molecule has 2 amide bonds. The zero-order valence-electron chi connectivity index (χ0n) is 19.0. The van der Waals surface area contributed by atoms with Crippen LogP contribution in [-0.4, -0.2) is 47.4 Å². The van der Waals surface area contributed by atoms with Gasteiger partial charge in [0.15, 0.2) is 0 Å². The van der Waals surface area contributed by atoms with Crippen molar-refractivity contribution < 1.29 is 18.8 Å². The van der Waals surface area contributed by atoms with Crippen LogP contribution in [0.4, 0.5) is 4.79 Å². The molecule has 176 valence electrons. The first-order valence-corrected chi connectivity index (χ1v) is 11.6. The number of hydrogen-bond donors (Lipinski definition) is 1. The van der Waals surface area contributed by atoms with E-state index in [-0.39, 0.29) is 12.1 Å². The number of urea groups is 1. The fraction of sp³-hybridized carbons (Fsp3) is 0.320. The smallest absolute Gasteiger partial charge is 0.322 e. The van der Waals surface area contributed by atoms with Crippen molar-refractivity contribution in [3.63, 3.8) is 0 Å². The van der Waals surface area contributed by atoms with Crippen molar-refractivity contribution in [2.45, 2.75) is 31.9 Å². The summed E-state index contributed by atoms with van der Waals surface area (Å²) >= 11 is 6.15. The molecule has 5 rings (SSSR count). The molecule has 8 nitrogen and oxygen atoms in total. The average molecular weight is 481 g/mol. The minimum Gasteiger partial charge on any atom is -0.497 e. The van der Waals surface area contributed by atoms with Crippen molar-refractivity contribution in [1.82, 2.24) is 20.4 Å². The molecule has 0 saturated carbocycles. The molecule has 2 aliphatic rings. The highest BCUT2D eigenvalue weighted by Gasteiger charge is 2.37. The highest BCUT2D eigenvalue weighted by atomic mass is 35.5. The maximum Gasteiger partial charge on any atom is 0.322 e. The Kier molecular flexibility index (Phi) is 6.26. The molecule has 0 aliphatic carbocycles. The number of nitrogens with zero attached hydrogens (tertiary/aromatic N) is 3. The Morgan fingerprint density at radius 1 is 1.24 bits per heavy atom. The predicted octanol–water partition coefficient (Wildman–Crippen LogP) is 5.08. The van der Waals surface area contributed by atoms with Gasteiger partial charge in [-0.2, -0.15) is 4.98 Å². The summed E-state index contributed by atoms with van der Waals surface area (Å²) in [5, 5.41) is 7.89. The van der Waals surface area contributed by atoms with E-state index < -0.39 is 6.04 Å². The predicted molar refractivity (Wildman–Crippen MR) is 127 cm³/mol. The lowest BCUT2D eigenvalue weighted by atomic mass is 9.94. The van der Waals surface area contributed by atoms with Gasteiger partial charge in [-0.1, -0.05) is 41.0 Å². The molecule has 2 atom stereocenters. The van der Waals surface area contributed by atoms with Gasteiger partial charge in [0.2, 0.25) is 5.82 Å². The molecule has 1 saturated heterocycles. The maximum absolute atomic E-state index is 13.2. The second kappa shape index (κ2) is 9.48. The molecule has 2 unspecified atom stereocenters. The molecule has 0 bridgehead atoms. The van der Waals surface area contributed by atoms with Gasteiger partial charge in [0, 0.05) is 22.9 Å². The van der Waals surface area contributed by atoms with Crippen LogP contribution in [0.2, 0.25) is 5.02 Å². The van der Waals surface area contributed by atoms with E-state index in [2.05, 4.69) is 15.5 Å². The molecule has 9 heteroatoms. The third-order valence-corrected chi connectivity index (χ3v) is 6.43. The summed E-state index contributed by atoms with van der Waals surface area (Å²) in [5.41, 5.74) is 3.12. The summed E-state index contributed by atoms with van der Waals surface area (Å²) in [6.45, 7) is 3.09. The largest absolute Gasteiger partial charge is 0.497 e. The van der Waals surface area contributed by atoms with Gasteiger partial charge >= 0.3 is 6.03 Å². The van der Waals surface area contributed by atoms with Crippen LogP contribution in [0.15, 0.2) is 58.8 Å². The molecule has 3 aromatic rings. The van der Waals surface area contributed by atoms with Crippen LogP contribution < -0.4 is 10.1 Å². The standard InChI is InChI=1S/C25H25ClN4O4/c1-15-21(24-28-23(29-34-24)17-5-3-6-18(26)13-17)22(16-8-10-19(32-2)11-9-16)27-25(31)30(15)14-20-7-4-12-33-20/h3,5-6,8-11,13,20,22H,4,7,12,14H2,1-2H3,(H,27,31). The number of methoxy groups -OCH3 is 1. The average Bonchev–Trinajstić information content (AvgIpc) is 3.54. The Morgan fingerprint density at radius 3 is 2.76 bits per heavy atom. The summed E-state index contributed by atoms with van der Waals surface area (Å²) in [5.74, 6) is 1.49. The van der Waals surface area contributed by atoms with Gasteiger partial charge in [-0.3, -0.25) is 4.90 Å². The molecular formula is C25H25ClN4O4. The molecule has 0 spiro atoms. The summed E-state index contributed by atoms with van der Waals surface area (Å²) < 4.78 is 16.8. The van der Waals surface area contributed by atoms with E-state index in [1.807, 2.05) is 43.3 Å². The van der Waals surface area contributed by atoms with Gasteiger partial charge in [-0.15, -0.1) is 0 Å². The normalized spacial score (nSPS) is 20.6. The third-order valence-electron chi connectivity index (χ3n) is 6.19. The van der Waals surface area contributed by atoms with Gasteiger partial charge in [-0.25, -0.2) is 4.79 Å². The van der Waals surface area contributed by atoms with Crippen LogP contribution in [0.1, 0.15) is 37.3 Å². The zero-order chi connectivity index (χ0) is 23.7. The van der Waals surface area contributed by atoms with Crippen molar-refractivity contribution in [2.75, 3.05) is 20.3 Å². The van der Waals surface area contributed by atoms with E-state index >= 15 is 0 Å². The van der Waals surface area contributed by atoms with Crippen molar-refractivity contribution in [3.05, 3.63) is 70.7 Å². The van der Waals surface area contributed by atoms with E-state index in [0.717, 1.165) is 47.6 Å². The Bertz CT molecular complexity index is 1220. The molecule has 1 aromatic heterocycles. The summed E-state index contributed by atoms with van der Waals surface area (Å²) in [7, 11) is 1.62. The lowest BCUT2D eigenvalue weighted by molar-refractivity contribution is 0.0877. The van der Waals surface area contributed by atoms with Gasteiger partial charge < -0.3 is 19.3 Å². The summed E-state index contributed by atoms with van der Waals surface area (Å²) in [4.78, 5) is 19.5. The second-order valence-corrected chi connectivity index (χ2v) is 8.77. The van der Waals surface area contributed by atoms with Gasteiger partial charge in [0.05, 0.1) is 31.4 Å². The molecule has 2 aliphatic heterocycles. The Balaban J connectivity index is 1.56. The lowest BCUT2D eigenvalue weighted by Gasteiger charge is -2.36. The number of carbonyl (C=O) groups excluding carboxylic acids is 1. The number of ether oxygens (including phenoxy) is 2. The van der Waals surface area contributed by atoms with E-state index in [9.17, 15) is 4.79 Å². The molecule has 34 heavy (non-hydrogen) atoms. The van der Waals surface area contributed by atoms with Crippen LogP contribution in [0.3, 0.4) is 0 Å². The molecule has 0 radical (unpaired) electrons. The van der Waals surface area contributed by atoms with E-state index in [1.54, 1.807) is 24.1 Å². The molecule has 2 aromatic carbocycles. The number of aromatic nitrogens is 2. The quantitative estimate of drug-likeness (QED) is 0.529. The SMILES string of the molecule is COc1ccc(C2NC(=O)N(CC3CCCO3)C(C)=C2c2nc(-c3cccc(Cl)c3)no2)cc1. The monoisotopic (exact) mass is 480 g/mol. The maximum atomic E-state index is 13.2. The second-order valence-electron chi connectivity index (χ2n) is 8.33. The van der Waals surface area contributed by atoms with Crippen molar-refractivity contribution in [1.29, 1.82) is 0 Å². The molecule has 1 fully saturated rings. The Labute approximate surface area is 202 Å². The first kappa shape index (κ1) is 22.4. The number of rotatable bonds is 6. The minimum absolute atomic E-state index is 0.00388. The number of nitrogens with one attached hydrogen (secondary N) is 1. The van der Waals surface area contributed by atoms with E-state index in [1.165, 1.54) is 0 Å². The highest BCUT2D eigenvalue weighted by Crippen LogP contribution is 2.38. The number of halogens is 1. The highest BCUT2D eigenvalue weighted by molar-refractivity contribution is 6.30. The lowest BCUT2D eigenvalue weighted by Crippen LogP contribution is -2.48. The van der Waals surface area contributed by atoms with Crippen LogP contribution in [0.5, 0.6) is 5.75 Å². The summed E-state index contributed by atoms with van der Waals surface area (Å²) in [6, 6.07) is 14.2. The Hall–Kier alpha value is -3.36. The zero-order valence-corrected chi connectivity index (χ0v) is 19.7. The van der Waals surface area contributed by atoms with Gasteiger partial charge in [-0.05, 0) is 49.6 Å². The molecular weight excluding hydrogens is 456 g/mol. The first-order valence-electron chi connectivity index (χ1n) is 11.2. The fourth-order valence-electron chi connectivity index (χ4n) is 4.39. The minimum atomic E-state index is -0.466. The van der Waals surface area contributed by atoms with E-state index in [0.29, 0.717) is 23.3 Å². The van der Waals surface area contributed by atoms with Gasteiger partial charge in [0.1, 0.15) is 5.75 Å². The fourth-order valence-corrected chi connectivity index (χ4v) is 4.58. The first-order chi connectivity index (χ1) is 16.5. The Morgan fingerprint density at radius 2 is 2.06 bits per heavy atom. The third kappa shape index (κ3) is 4.38. The number of benzene rings is 2. The number of hydrogen-bond acceptors (Lipinski definition) is 6. The van der Waals surface area contributed by atoms with Crippen molar-refractivity contribution in [2.24, 2.45) is 0 Å². The van der Waals surface area contributed by atoms with Crippen LogP contribution in [-0.2, 0) is 4.74 Å². The molecule has 3 heterocycles. The topological polar surface area (TPSA) is 89.7 Å². The summed E-state index contributed by atoms with van der Waals surface area (Å²) in [6.07, 6.45) is 1.93. The van der Waals surface area contributed by atoms with E-state index in [4.69, 9.17) is 25.6 Å². The van der Waals surface area contributed by atoms with Gasteiger partial charge in [0.25, 0.3) is 5.89 Å². The van der Waals surface area contributed by atoms with Crippen LogP contribution in [0, 0.1) is 0 Å².